The van der Waals surface area contributed by atoms with Crippen LogP contribution in [0.15, 0.2) is 47.3 Å². The topological polar surface area (TPSA) is 71.3 Å². The van der Waals surface area contributed by atoms with E-state index in [-0.39, 0.29) is 11.5 Å². The fourth-order valence-electron chi connectivity index (χ4n) is 4.32. The summed E-state index contributed by atoms with van der Waals surface area (Å²) < 4.78 is 1.43. The minimum Gasteiger partial charge on any atom is -0.368 e. The SMILES string of the molecule is Cc1cccc(N2CCN(C(=O)CCCCCn3nnc4ccccc4c3=O)CC2)c1C. The molecule has 1 amide bonds. The van der Waals surface area contributed by atoms with Gasteiger partial charge in [-0.25, -0.2) is 4.68 Å². The molecule has 1 saturated heterocycles. The van der Waals surface area contributed by atoms with Crippen LogP contribution >= 0.6 is 0 Å². The van der Waals surface area contributed by atoms with Crippen molar-refractivity contribution in [1.82, 2.24) is 19.9 Å². The molecule has 0 saturated carbocycles. The van der Waals surface area contributed by atoms with Crippen molar-refractivity contribution in [2.75, 3.05) is 31.1 Å². The van der Waals surface area contributed by atoms with Gasteiger partial charge in [0.25, 0.3) is 5.56 Å². The molecule has 3 aromatic rings. The molecule has 7 heteroatoms. The van der Waals surface area contributed by atoms with Crippen LogP contribution in [0, 0.1) is 13.8 Å². The molecular formula is C25H31N5O2. The second-order valence-electron chi connectivity index (χ2n) is 8.53. The number of aryl methyl sites for hydroxylation is 2. The highest BCUT2D eigenvalue weighted by Gasteiger charge is 2.22. The maximum Gasteiger partial charge on any atom is 0.277 e. The van der Waals surface area contributed by atoms with E-state index in [1.54, 1.807) is 12.1 Å². The van der Waals surface area contributed by atoms with Gasteiger partial charge in [-0.05, 0) is 56.0 Å². The number of nitrogens with zero attached hydrogens (tertiary/aromatic N) is 5. The highest BCUT2D eigenvalue weighted by atomic mass is 16.2. The molecule has 1 fully saturated rings. The van der Waals surface area contributed by atoms with E-state index in [0.717, 1.165) is 45.4 Å². The van der Waals surface area contributed by atoms with Crippen molar-refractivity contribution < 1.29 is 4.79 Å². The monoisotopic (exact) mass is 433 g/mol. The number of carbonyl (C=O) groups excluding carboxylic acids is 1. The molecule has 1 aliphatic heterocycles. The molecule has 0 radical (unpaired) electrons. The van der Waals surface area contributed by atoms with E-state index in [1.807, 2.05) is 17.0 Å². The normalized spacial score (nSPS) is 14.2. The number of rotatable bonds is 7. The summed E-state index contributed by atoms with van der Waals surface area (Å²) in [5.41, 5.74) is 4.43. The first-order valence-electron chi connectivity index (χ1n) is 11.5. The molecule has 4 rings (SSSR count). The Balaban J connectivity index is 1.20. The average Bonchev–Trinajstić information content (AvgIpc) is 2.82. The summed E-state index contributed by atoms with van der Waals surface area (Å²) in [4.78, 5) is 29.5. The van der Waals surface area contributed by atoms with Crippen molar-refractivity contribution in [3.63, 3.8) is 0 Å². The number of amides is 1. The first-order valence-corrected chi connectivity index (χ1v) is 11.5. The molecule has 0 unspecified atom stereocenters. The Morgan fingerprint density at radius 3 is 2.53 bits per heavy atom. The van der Waals surface area contributed by atoms with E-state index < -0.39 is 0 Å². The first-order chi connectivity index (χ1) is 15.5. The van der Waals surface area contributed by atoms with Crippen LogP contribution < -0.4 is 10.5 Å². The molecular weight excluding hydrogens is 402 g/mol. The highest BCUT2D eigenvalue weighted by Crippen LogP contribution is 2.24. The highest BCUT2D eigenvalue weighted by molar-refractivity contribution is 5.77. The summed E-state index contributed by atoms with van der Waals surface area (Å²) in [5, 5.41) is 8.74. The number of aromatic nitrogens is 3. The van der Waals surface area contributed by atoms with Crippen LogP contribution in [-0.2, 0) is 11.3 Å². The predicted molar refractivity (Wildman–Crippen MR) is 127 cm³/mol. The fourth-order valence-corrected chi connectivity index (χ4v) is 4.32. The smallest absolute Gasteiger partial charge is 0.277 e. The van der Waals surface area contributed by atoms with E-state index in [2.05, 4.69) is 47.3 Å². The molecule has 0 spiro atoms. The van der Waals surface area contributed by atoms with Crippen LogP contribution in [0.3, 0.4) is 0 Å². The zero-order valence-electron chi connectivity index (χ0n) is 19.0. The van der Waals surface area contributed by atoms with Gasteiger partial charge in [0.1, 0.15) is 5.52 Å². The molecule has 0 aliphatic carbocycles. The van der Waals surface area contributed by atoms with E-state index in [4.69, 9.17) is 0 Å². The number of piperazine rings is 1. The molecule has 1 aliphatic rings. The molecule has 2 aromatic carbocycles. The van der Waals surface area contributed by atoms with Gasteiger partial charge in [-0.3, -0.25) is 9.59 Å². The van der Waals surface area contributed by atoms with E-state index in [1.165, 1.54) is 21.5 Å². The third-order valence-electron chi connectivity index (χ3n) is 6.44. The Labute approximate surface area is 188 Å². The lowest BCUT2D eigenvalue weighted by Crippen LogP contribution is -2.49. The summed E-state index contributed by atoms with van der Waals surface area (Å²) in [6, 6.07) is 13.7. The molecule has 1 aromatic heterocycles. The summed E-state index contributed by atoms with van der Waals surface area (Å²) in [5.74, 6) is 0.230. The Bertz CT molecular complexity index is 1150. The molecule has 168 valence electrons. The van der Waals surface area contributed by atoms with Crippen LogP contribution in [0.25, 0.3) is 10.9 Å². The molecule has 2 heterocycles. The summed E-state index contributed by atoms with van der Waals surface area (Å²) in [7, 11) is 0. The van der Waals surface area contributed by atoms with Crippen molar-refractivity contribution in [1.29, 1.82) is 0 Å². The van der Waals surface area contributed by atoms with Gasteiger partial charge < -0.3 is 9.80 Å². The van der Waals surface area contributed by atoms with Gasteiger partial charge in [0.05, 0.1) is 5.39 Å². The third-order valence-corrected chi connectivity index (χ3v) is 6.44. The van der Waals surface area contributed by atoms with Gasteiger partial charge in [0, 0.05) is 44.8 Å². The van der Waals surface area contributed by atoms with Gasteiger partial charge >= 0.3 is 0 Å². The number of fused-ring (bicyclic) bond motifs is 1. The Kier molecular flexibility index (Phi) is 6.83. The maximum absolute atomic E-state index is 12.6. The van der Waals surface area contributed by atoms with Crippen molar-refractivity contribution in [2.24, 2.45) is 0 Å². The van der Waals surface area contributed by atoms with Crippen LogP contribution in [0.5, 0.6) is 0 Å². The van der Waals surface area contributed by atoms with Gasteiger partial charge in [-0.1, -0.05) is 35.9 Å². The number of anilines is 1. The predicted octanol–water partition coefficient (Wildman–Crippen LogP) is 3.32. The summed E-state index contributed by atoms with van der Waals surface area (Å²) in [6.07, 6.45) is 3.07. The standard InChI is InChI=1S/C25H31N5O2/c1-19-9-8-12-23(20(19)2)28-15-17-29(18-16-28)24(31)13-4-3-7-14-30-25(32)21-10-5-6-11-22(21)26-27-30/h5-6,8-12H,3-4,7,13-18H2,1-2H3. The molecule has 0 bridgehead atoms. The Morgan fingerprint density at radius 2 is 1.72 bits per heavy atom. The lowest BCUT2D eigenvalue weighted by molar-refractivity contribution is -0.131. The van der Waals surface area contributed by atoms with E-state index in [9.17, 15) is 9.59 Å². The largest absolute Gasteiger partial charge is 0.368 e. The number of hydrogen-bond acceptors (Lipinski definition) is 5. The fraction of sp³-hybridized carbons (Fsp3) is 0.440. The van der Waals surface area contributed by atoms with Crippen LogP contribution in [0.4, 0.5) is 5.69 Å². The molecule has 32 heavy (non-hydrogen) atoms. The van der Waals surface area contributed by atoms with E-state index in [0.29, 0.717) is 23.9 Å². The lowest BCUT2D eigenvalue weighted by Gasteiger charge is -2.37. The Morgan fingerprint density at radius 1 is 0.938 bits per heavy atom. The van der Waals surface area contributed by atoms with Crippen molar-refractivity contribution in [3.8, 4) is 0 Å². The number of carbonyl (C=O) groups is 1. The molecule has 7 nitrogen and oxygen atoms in total. The molecule has 0 atom stereocenters. The zero-order chi connectivity index (χ0) is 22.5. The van der Waals surface area contributed by atoms with Crippen molar-refractivity contribution >= 4 is 22.5 Å². The molecule has 0 N–H and O–H groups in total. The lowest BCUT2D eigenvalue weighted by atomic mass is 10.1. The van der Waals surface area contributed by atoms with Crippen molar-refractivity contribution in [2.45, 2.75) is 46.1 Å². The number of benzene rings is 2. The first kappa shape index (κ1) is 22.0. The quantitative estimate of drug-likeness (QED) is 0.535. The maximum atomic E-state index is 12.6. The van der Waals surface area contributed by atoms with Gasteiger partial charge in [0.15, 0.2) is 0 Å². The third kappa shape index (κ3) is 4.82. The van der Waals surface area contributed by atoms with Crippen LogP contribution in [0.1, 0.15) is 36.8 Å². The van der Waals surface area contributed by atoms with Gasteiger partial charge in [-0.15, -0.1) is 5.10 Å². The van der Waals surface area contributed by atoms with Gasteiger partial charge in [0.2, 0.25) is 5.91 Å². The van der Waals surface area contributed by atoms with E-state index >= 15 is 0 Å². The summed E-state index contributed by atoms with van der Waals surface area (Å²) >= 11 is 0. The zero-order valence-corrected chi connectivity index (χ0v) is 19.0. The minimum atomic E-state index is -0.103. The Hall–Kier alpha value is -3.22. The number of hydrogen-bond donors (Lipinski definition) is 0. The second-order valence-corrected chi connectivity index (χ2v) is 8.53. The minimum absolute atomic E-state index is 0.103. The average molecular weight is 434 g/mol. The van der Waals surface area contributed by atoms with Crippen LogP contribution in [-0.4, -0.2) is 52.0 Å². The number of unbranched alkanes of at least 4 members (excludes halogenated alkanes) is 2. The second kappa shape index (κ2) is 9.94. The van der Waals surface area contributed by atoms with Gasteiger partial charge in [-0.2, -0.15) is 0 Å². The van der Waals surface area contributed by atoms with Crippen LogP contribution in [0.2, 0.25) is 0 Å². The van der Waals surface area contributed by atoms with Crippen molar-refractivity contribution in [3.05, 3.63) is 63.9 Å². The summed E-state index contributed by atoms with van der Waals surface area (Å²) in [6.45, 7) is 8.13.